The first-order valence-corrected chi connectivity index (χ1v) is 11.8. The van der Waals surface area contributed by atoms with Gasteiger partial charge in [-0.25, -0.2) is 0 Å². The Balaban J connectivity index is 1.55. The first-order valence-electron chi connectivity index (χ1n) is 10.6. The molecule has 2 atom stereocenters. The summed E-state index contributed by atoms with van der Waals surface area (Å²) in [6.45, 7) is 2.08. The molecule has 7 heteroatoms. The van der Waals surface area contributed by atoms with Crippen LogP contribution in [0.5, 0.6) is 5.75 Å². The molecule has 33 heavy (non-hydrogen) atoms. The average molecular weight is 474 g/mol. The van der Waals surface area contributed by atoms with Crippen LogP contribution in [0.25, 0.3) is 0 Å². The lowest BCUT2D eigenvalue weighted by atomic mass is 10.0. The molecule has 0 unspecified atom stereocenters. The van der Waals surface area contributed by atoms with Crippen LogP contribution in [-0.4, -0.2) is 17.2 Å². The van der Waals surface area contributed by atoms with Crippen molar-refractivity contribution >= 4 is 34.8 Å². The van der Waals surface area contributed by atoms with E-state index in [0.717, 1.165) is 32.9 Å². The topological polar surface area (TPSA) is 50.5 Å². The minimum atomic E-state index is -0.226. The van der Waals surface area contributed by atoms with Gasteiger partial charge in [0.1, 0.15) is 17.6 Å². The number of hydrogen-bond donors (Lipinski definition) is 1. The molecule has 0 amide bonds. The van der Waals surface area contributed by atoms with Crippen LogP contribution in [0.15, 0.2) is 99.5 Å². The summed E-state index contributed by atoms with van der Waals surface area (Å²) in [5.41, 5.74) is 3.01. The van der Waals surface area contributed by atoms with Crippen molar-refractivity contribution in [2.45, 2.75) is 29.0 Å². The number of rotatable bonds is 6. The maximum absolute atomic E-state index is 6.38. The second-order valence-corrected chi connectivity index (χ2v) is 9.20. The van der Waals surface area contributed by atoms with Crippen LogP contribution < -0.4 is 15.0 Å². The number of benzene rings is 2. The molecule has 1 aliphatic heterocycles. The minimum absolute atomic E-state index is 0.174. The molecule has 5 rings (SSSR count). The third-order valence-electron chi connectivity index (χ3n) is 5.58. The van der Waals surface area contributed by atoms with Crippen LogP contribution >= 0.6 is 24.0 Å². The predicted molar refractivity (Wildman–Crippen MR) is 135 cm³/mol. The fraction of sp³-hybridized carbons (Fsp3) is 0.154. The first kappa shape index (κ1) is 21.6. The van der Waals surface area contributed by atoms with Crippen molar-refractivity contribution in [3.63, 3.8) is 0 Å². The molecule has 5 nitrogen and oxygen atoms in total. The molecule has 0 aliphatic carbocycles. The number of ether oxygens (including phenoxy) is 1. The summed E-state index contributed by atoms with van der Waals surface area (Å²) in [7, 11) is 1.67. The molecular formula is C26H23N3O2S2. The summed E-state index contributed by atoms with van der Waals surface area (Å²) in [4.78, 5) is 7.79. The van der Waals surface area contributed by atoms with E-state index in [1.807, 2.05) is 54.6 Å². The van der Waals surface area contributed by atoms with Gasteiger partial charge >= 0.3 is 0 Å². The zero-order chi connectivity index (χ0) is 22.8. The van der Waals surface area contributed by atoms with Gasteiger partial charge in [-0.05, 0) is 67.7 Å². The number of hydrogen-bond acceptors (Lipinski definition) is 5. The predicted octanol–water partition coefficient (Wildman–Crippen LogP) is 6.32. The maximum atomic E-state index is 6.38. The van der Waals surface area contributed by atoms with Gasteiger partial charge in [-0.2, -0.15) is 0 Å². The highest BCUT2D eigenvalue weighted by atomic mass is 32.2. The zero-order valence-electron chi connectivity index (χ0n) is 18.3. The molecule has 2 aromatic carbocycles. The molecule has 0 bridgehead atoms. The van der Waals surface area contributed by atoms with E-state index in [1.54, 1.807) is 25.1 Å². The van der Waals surface area contributed by atoms with Gasteiger partial charge < -0.3 is 19.4 Å². The molecule has 0 spiro atoms. The van der Waals surface area contributed by atoms with Gasteiger partial charge in [-0.1, -0.05) is 47.7 Å². The van der Waals surface area contributed by atoms with Crippen molar-refractivity contribution in [3.8, 4) is 5.75 Å². The Hall–Kier alpha value is -3.29. The van der Waals surface area contributed by atoms with E-state index >= 15 is 0 Å². The van der Waals surface area contributed by atoms with Gasteiger partial charge in [0.05, 0.1) is 24.5 Å². The summed E-state index contributed by atoms with van der Waals surface area (Å²) in [6, 6.07) is 25.8. The van der Waals surface area contributed by atoms with Crippen molar-refractivity contribution in [2.75, 3.05) is 12.0 Å². The molecule has 0 saturated carbocycles. The molecule has 3 heterocycles. The minimum Gasteiger partial charge on any atom is -0.495 e. The number of furan rings is 1. The summed E-state index contributed by atoms with van der Waals surface area (Å²) in [6.07, 6.45) is 1.80. The molecule has 1 N–H and O–H groups in total. The molecule has 2 aromatic heterocycles. The van der Waals surface area contributed by atoms with Gasteiger partial charge in [-0.3, -0.25) is 4.98 Å². The molecule has 1 aliphatic rings. The van der Waals surface area contributed by atoms with Crippen molar-refractivity contribution in [2.24, 2.45) is 0 Å². The summed E-state index contributed by atoms with van der Waals surface area (Å²) in [5, 5.41) is 4.88. The molecule has 1 fully saturated rings. The molecule has 4 aromatic rings. The second-order valence-electron chi connectivity index (χ2n) is 7.74. The fourth-order valence-electron chi connectivity index (χ4n) is 4.00. The number of para-hydroxylation sites is 2. The monoisotopic (exact) mass is 473 g/mol. The quantitative estimate of drug-likeness (QED) is 0.329. The SMILES string of the molecule is COc1ccccc1N1C(=S)N[C@@H](c2ccccn2)[C@H]1c1ccc(Sc2ccc(C)cc2)o1. The Labute approximate surface area is 202 Å². The highest BCUT2D eigenvalue weighted by molar-refractivity contribution is 7.99. The van der Waals surface area contributed by atoms with Gasteiger partial charge in [-0.15, -0.1) is 0 Å². The second kappa shape index (κ2) is 9.29. The van der Waals surface area contributed by atoms with Gasteiger partial charge in [0.25, 0.3) is 0 Å². The Morgan fingerprint density at radius 1 is 1.00 bits per heavy atom. The summed E-state index contributed by atoms with van der Waals surface area (Å²) < 4.78 is 12.0. The average Bonchev–Trinajstić information content (AvgIpc) is 3.45. The van der Waals surface area contributed by atoms with Crippen molar-refractivity contribution < 1.29 is 9.15 Å². The van der Waals surface area contributed by atoms with Crippen molar-refractivity contribution in [3.05, 3.63) is 102 Å². The number of methoxy groups -OCH3 is 1. The highest BCUT2D eigenvalue weighted by Crippen LogP contribution is 2.45. The lowest BCUT2D eigenvalue weighted by molar-refractivity contribution is 0.380. The third kappa shape index (κ3) is 4.34. The van der Waals surface area contributed by atoms with Crippen LogP contribution in [0.3, 0.4) is 0 Å². The number of anilines is 1. The van der Waals surface area contributed by atoms with E-state index in [4.69, 9.17) is 21.4 Å². The first-order chi connectivity index (χ1) is 16.1. The largest absolute Gasteiger partial charge is 0.495 e. The van der Waals surface area contributed by atoms with Crippen LogP contribution in [0.1, 0.15) is 29.1 Å². The smallest absolute Gasteiger partial charge is 0.174 e. The van der Waals surface area contributed by atoms with Crippen LogP contribution in [0.4, 0.5) is 5.69 Å². The normalized spacial score (nSPS) is 17.8. The number of aryl methyl sites for hydroxylation is 1. The highest BCUT2D eigenvalue weighted by Gasteiger charge is 2.43. The maximum Gasteiger partial charge on any atom is 0.174 e. The lowest BCUT2D eigenvalue weighted by Crippen LogP contribution is -2.29. The Morgan fingerprint density at radius 2 is 1.79 bits per heavy atom. The Morgan fingerprint density at radius 3 is 2.55 bits per heavy atom. The number of nitrogens with one attached hydrogen (secondary N) is 1. The molecule has 0 radical (unpaired) electrons. The standard InChI is InChI=1S/C26H23N3O2S2/c1-17-10-12-18(13-11-17)33-23-15-14-22(31-23)25-24(19-7-5-6-16-27-19)28-26(32)29(25)20-8-3-4-9-21(20)30-2/h3-16,24-25H,1-2H3,(H,28,32)/t24-,25+/m0/s1. The van der Waals surface area contributed by atoms with E-state index in [0.29, 0.717) is 5.11 Å². The summed E-state index contributed by atoms with van der Waals surface area (Å²) >= 11 is 7.39. The summed E-state index contributed by atoms with van der Waals surface area (Å²) in [5.74, 6) is 1.55. The van der Waals surface area contributed by atoms with E-state index in [9.17, 15) is 0 Å². The van der Waals surface area contributed by atoms with Crippen molar-refractivity contribution in [1.29, 1.82) is 0 Å². The Bertz CT molecular complexity index is 1260. The molecule has 1 saturated heterocycles. The van der Waals surface area contributed by atoms with E-state index in [1.165, 1.54) is 5.56 Å². The van der Waals surface area contributed by atoms with E-state index in [2.05, 4.69) is 46.4 Å². The van der Waals surface area contributed by atoms with Gasteiger partial charge in [0.2, 0.25) is 0 Å². The van der Waals surface area contributed by atoms with Gasteiger partial charge in [0, 0.05) is 11.1 Å². The third-order valence-corrected chi connectivity index (χ3v) is 6.82. The number of pyridine rings is 1. The van der Waals surface area contributed by atoms with Crippen LogP contribution in [0.2, 0.25) is 0 Å². The Kier molecular flexibility index (Phi) is 6.07. The number of nitrogens with zero attached hydrogens (tertiary/aromatic N) is 2. The molecule has 166 valence electrons. The molecular weight excluding hydrogens is 450 g/mol. The van der Waals surface area contributed by atoms with E-state index in [-0.39, 0.29) is 12.1 Å². The van der Waals surface area contributed by atoms with Gasteiger partial charge in [0.15, 0.2) is 10.2 Å². The number of aromatic nitrogens is 1. The zero-order valence-corrected chi connectivity index (χ0v) is 19.9. The van der Waals surface area contributed by atoms with Crippen LogP contribution in [-0.2, 0) is 0 Å². The number of thiocarbonyl (C=S) groups is 1. The van der Waals surface area contributed by atoms with Crippen molar-refractivity contribution in [1.82, 2.24) is 10.3 Å². The van der Waals surface area contributed by atoms with Crippen LogP contribution in [0, 0.1) is 6.92 Å². The lowest BCUT2D eigenvalue weighted by Gasteiger charge is -2.27. The van der Waals surface area contributed by atoms with E-state index < -0.39 is 0 Å². The fourth-order valence-corrected chi connectivity index (χ4v) is 5.12.